The molecule has 0 aliphatic carbocycles. The molecule has 2 fully saturated rings. The van der Waals surface area contributed by atoms with Crippen molar-refractivity contribution in [3.8, 4) is 5.75 Å². The number of nitrogens with zero attached hydrogens (tertiary/aromatic N) is 2. The van der Waals surface area contributed by atoms with E-state index in [0.29, 0.717) is 45.3 Å². The van der Waals surface area contributed by atoms with Gasteiger partial charge in [0.15, 0.2) is 0 Å². The van der Waals surface area contributed by atoms with Crippen LogP contribution in [0.15, 0.2) is 54.6 Å². The maximum atomic E-state index is 13.8. The fourth-order valence-corrected chi connectivity index (χ4v) is 5.68. The van der Waals surface area contributed by atoms with Gasteiger partial charge in [-0.15, -0.1) is 0 Å². The van der Waals surface area contributed by atoms with Crippen LogP contribution in [0.2, 0.25) is 0 Å². The number of aromatic hydroxyl groups is 1. The largest absolute Gasteiger partial charge is 0.508 e. The molecule has 2 aromatic rings. The summed E-state index contributed by atoms with van der Waals surface area (Å²) in [6.45, 7) is 0.898. The van der Waals surface area contributed by atoms with Crippen LogP contribution >= 0.6 is 0 Å². The molecule has 4 unspecified atom stereocenters. The van der Waals surface area contributed by atoms with E-state index in [1.807, 2.05) is 30.3 Å². The lowest BCUT2D eigenvalue weighted by Crippen LogP contribution is -2.56. The number of rotatable bonds is 12. The first-order valence-electron chi connectivity index (χ1n) is 14.1. The molecule has 0 aromatic heterocycles. The van der Waals surface area contributed by atoms with E-state index in [1.54, 1.807) is 34.1 Å². The number of likely N-dealkylation sites (tertiary alicyclic amines) is 2. The molecule has 11 nitrogen and oxygen atoms in total. The molecular weight excluding hydrogens is 526 g/mol. The Balaban J connectivity index is 1.42. The summed E-state index contributed by atoms with van der Waals surface area (Å²) in [5.74, 6) is -1.83. The number of phenolic OH excluding ortho intramolecular Hbond substituents is 1. The molecule has 4 rings (SSSR count). The van der Waals surface area contributed by atoms with E-state index in [1.165, 1.54) is 0 Å². The Morgan fingerprint density at radius 2 is 1.54 bits per heavy atom. The minimum Gasteiger partial charge on any atom is -0.508 e. The molecule has 3 amide bonds. The number of carbonyl (C=O) groups is 4. The Kier molecular flexibility index (Phi) is 10.3. The van der Waals surface area contributed by atoms with Gasteiger partial charge in [-0.05, 0) is 61.8 Å². The molecular formula is C30H39N5O6. The van der Waals surface area contributed by atoms with E-state index in [-0.39, 0.29) is 23.6 Å². The SMILES string of the molecule is NC(Cc1ccc(O)cc1)C(=O)N1CCCC1CNC(Cc1ccccc1)C(=O)N1CCCC1C(=O)NCC(=O)O. The average Bonchev–Trinajstić information content (AvgIpc) is 3.65. The van der Waals surface area contributed by atoms with Crippen molar-refractivity contribution in [3.05, 3.63) is 65.7 Å². The second-order valence-corrected chi connectivity index (χ2v) is 10.8. The topological polar surface area (TPSA) is 165 Å². The first kappa shape index (κ1) is 30.0. The van der Waals surface area contributed by atoms with Crippen LogP contribution in [-0.4, -0.2) is 94.1 Å². The van der Waals surface area contributed by atoms with E-state index < -0.39 is 36.5 Å². The highest BCUT2D eigenvalue weighted by atomic mass is 16.4. The minimum absolute atomic E-state index is 0.132. The maximum absolute atomic E-state index is 13.8. The predicted octanol–water partition coefficient (Wildman–Crippen LogP) is 0.646. The standard InChI is InChI=1S/C30H39N5O6/c31-24(16-21-10-12-23(36)13-11-21)29(40)34-14-4-8-22(34)18-32-25(17-20-6-2-1-3-7-20)30(41)35-15-5-9-26(35)28(39)33-19-27(37)38/h1-3,6-7,10-13,22,24-26,32,36H,4-5,8-9,14-19,31H2,(H,33,39)(H,37,38). The smallest absolute Gasteiger partial charge is 0.322 e. The molecule has 6 N–H and O–H groups in total. The number of nitrogens with two attached hydrogens (primary N) is 1. The summed E-state index contributed by atoms with van der Waals surface area (Å²) in [7, 11) is 0. The predicted molar refractivity (Wildman–Crippen MR) is 152 cm³/mol. The number of hydrogen-bond donors (Lipinski definition) is 5. The number of hydrogen-bond acceptors (Lipinski definition) is 7. The van der Waals surface area contributed by atoms with Gasteiger partial charge in [-0.2, -0.15) is 0 Å². The van der Waals surface area contributed by atoms with Crippen LogP contribution < -0.4 is 16.4 Å². The number of benzene rings is 2. The third kappa shape index (κ3) is 8.05. The lowest BCUT2D eigenvalue weighted by molar-refractivity contribution is -0.141. The monoisotopic (exact) mass is 565 g/mol. The number of carboxylic acid groups (broad SMARTS) is 1. The van der Waals surface area contributed by atoms with Gasteiger partial charge in [0.2, 0.25) is 17.7 Å². The molecule has 220 valence electrons. The second kappa shape index (κ2) is 14.1. The summed E-state index contributed by atoms with van der Waals surface area (Å²) in [4.78, 5) is 54.1. The molecule has 0 saturated carbocycles. The zero-order valence-corrected chi connectivity index (χ0v) is 23.1. The van der Waals surface area contributed by atoms with Gasteiger partial charge in [0.1, 0.15) is 18.3 Å². The lowest BCUT2D eigenvalue weighted by atomic mass is 10.0. The number of carbonyl (C=O) groups excluding carboxylic acids is 3. The Bertz CT molecular complexity index is 1210. The molecule has 2 aliphatic rings. The third-order valence-corrected chi connectivity index (χ3v) is 7.80. The Morgan fingerprint density at radius 3 is 2.24 bits per heavy atom. The number of aliphatic carboxylic acids is 1. The summed E-state index contributed by atoms with van der Waals surface area (Å²) in [6.07, 6.45) is 3.49. The van der Waals surface area contributed by atoms with Gasteiger partial charge < -0.3 is 36.4 Å². The van der Waals surface area contributed by atoms with E-state index in [4.69, 9.17) is 10.8 Å². The van der Waals surface area contributed by atoms with Gasteiger partial charge in [-0.3, -0.25) is 19.2 Å². The fraction of sp³-hybridized carbons (Fsp3) is 0.467. The van der Waals surface area contributed by atoms with Crippen molar-refractivity contribution in [2.75, 3.05) is 26.2 Å². The summed E-state index contributed by atoms with van der Waals surface area (Å²) >= 11 is 0. The van der Waals surface area contributed by atoms with E-state index >= 15 is 0 Å². The first-order valence-corrected chi connectivity index (χ1v) is 14.1. The van der Waals surface area contributed by atoms with Gasteiger partial charge in [-0.1, -0.05) is 42.5 Å². The molecule has 0 spiro atoms. The van der Waals surface area contributed by atoms with Gasteiger partial charge >= 0.3 is 5.97 Å². The molecule has 2 heterocycles. The van der Waals surface area contributed by atoms with Crippen molar-refractivity contribution in [2.45, 2.75) is 62.7 Å². The lowest BCUT2D eigenvalue weighted by Gasteiger charge is -2.32. The van der Waals surface area contributed by atoms with Crippen LogP contribution in [0, 0.1) is 0 Å². The number of nitrogens with one attached hydrogen (secondary N) is 2. The van der Waals surface area contributed by atoms with Crippen LogP contribution in [0.25, 0.3) is 0 Å². The third-order valence-electron chi connectivity index (χ3n) is 7.80. The van der Waals surface area contributed by atoms with Crippen molar-refractivity contribution in [1.82, 2.24) is 20.4 Å². The van der Waals surface area contributed by atoms with Gasteiger partial charge in [0.05, 0.1) is 12.1 Å². The van der Waals surface area contributed by atoms with Crippen molar-refractivity contribution < 1.29 is 29.4 Å². The van der Waals surface area contributed by atoms with Crippen molar-refractivity contribution in [1.29, 1.82) is 0 Å². The first-order chi connectivity index (χ1) is 19.7. The Morgan fingerprint density at radius 1 is 0.878 bits per heavy atom. The van der Waals surface area contributed by atoms with Gasteiger partial charge in [0, 0.05) is 25.7 Å². The van der Waals surface area contributed by atoms with Crippen LogP contribution in [0.4, 0.5) is 0 Å². The second-order valence-electron chi connectivity index (χ2n) is 10.8. The molecule has 2 aliphatic heterocycles. The molecule has 0 radical (unpaired) electrons. The summed E-state index contributed by atoms with van der Waals surface area (Å²) in [5, 5.41) is 24.2. The zero-order chi connectivity index (χ0) is 29.4. The van der Waals surface area contributed by atoms with E-state index in [0.717, 1.165) is 24.0 Å². The molecule has 4 atom stereocenters. The van der Waals surface area contributed by atoms with Crippen LogP contribution in [0.1, 0.15) is 36.8 Å². The summed E-state index contributed by atoms with van der Waals surface area (Å²) in [6, 6.07) is 14.0. The highest BCUT2D eigenvalue weighted by molar-refractivity contribution is 5.91. The Hall–Kier alpha value is -3.96. The molecule has 2 saturated heterocycles. The highest BCUT2D eigenvalue weighted by Gasteiger charge is 2.38. The number of phenols is 1. The van der Waals surface area contributed by atoms with Crippen molar-refractivity contribution in [3.63, 3.8) is 0 Å². The maximum Gasteiger partial charge on any atom is 0.322 e. The number of carboxylic acids is 1. The van der Waals surface area contributed by atoms with E-state index in [2.05, 4.69) is 10.6 Å². The molecule has 0 bridgehead atoms. The average molecular weight is 566 g/mol. The summed E-state index contributed by atoms with van der Waals surface area (Å²) < 4.78 is 0. The summed E-state index contributed by atoms with van der Waals surface area (Å²) in [5.41, 5.74) is 8.11. The van der Waals surface area contributed by atoms with Gasteiger partial charge in [0.25, 0.3) is 0 Å². The van der Waals surface area contributed by atoms with Crippen molar-refractivity contribution >= 4 is 23.7 Å². The van der Waals surface area contributed by atoms with Crippen LogP contribution in [0.5, 0.6) is 5.75 Å². The number of amides is 3. The highest BCUT2D eigenvalue weighted by Crippen LogP contribution is 2.22. The minimum atomic E-state index is -1.14. The molecule has 41 heavy (non-hydrogen) atoms. The van der Waals surface area contributed by atoms with E-state index in [9.17, 15) is 24.3 Å². The molecule has 2 aromatic carbocycles. The van der Waals surface area contributed by atoms with Crippen molar-refractivity contribution in [2.24, 2.45) is 5.73 Å². The normalized spacial score (nSPS) is 20.0. The van der Waals surface area contributed by atoms with Gasteiger partial charge in [-0.25, -0.2) is 0 Å². The quantitative estimate of drug-likeness (QED) is 0.250. The van der Waals surface area contributed by atoms with Crippen LogP contribution in [-0.2, 0) is 32.0 Å². The Labute approximate surface area is 239 Å². The fourth-order valence-electron chi connectivity index (χ4n) is 5.68. The zero-order valence-electron chi connectivity index (χ0n) is 23.1. The molecule has 11 heteroatoms. The van der Waals surface area contributed by atoms with Crippen LogP contribution in [0.3, 0.4) is 0 Å².